The number of carbonyl (C=O) groups excluding carboxylic acids is 1. The third kappa shape index (κ3) is 2.69. The minimum absolute atomic E-state index is 0.138. The first-order valence-electron chi connectivity index (χ1n) is 7.17. The highest BCUT2D eigenvalue weighted by Crippen LogP contribution is 2.23. The van der Waals surface area contributed by atoms with E-state index in [-0.39, 0.29) is 11.5 Å². The van der Waals surface area contributed by atoms with Crippen LogP contribution in [0.4, 0.5) is 4.39 Å². The van der Waals surface area contributed by atoms with Crippen molar-refractivity contribution >= 4 is 18.5 Å². The molecule has 5 heteroatoms. The smallest absolute Gasteiger partial charge is 0.256 e. The molecule has 2 fully saturated rings. The highest BCUT2D eigenvalue weighted by Gasteiger charge is 2.32. The summed E-state index contributed by atoms with van der Waals surface area (Å²) in [5, 5.41) is 0. The van der Waals surface area contributed by atoms with E-state index in [1.807, 2.05) is 0 Å². The van der Waals surface area contributed by atoms with Crippen molar-refractivity contribution in [2.75, 3.05) is 26.2 Å². The van der Waals surface area contributed by atoms with Gasteiger partial charge >= 0.3 is 0 Å². The third-order valence-corrected chi connectivity index (χ3v) is 4.57. The Labute approximate surface area is 124 Å². The Morgan fingerprint density at radius 1 is 1.25 bits per heavy atom. The van der Waals surface area contributed by atoms with Crippen molar-refractivity contribution in [3.8, 4) is 0 Å². The van der Waals surface area contributed by atoms with Crippen LogP contribution in [-0.2, 0) is 0 Å². The molecule has 0 aromatic heterocycles. The molecule has 1 aromatic rings. The molecular weight excluding hydrogens is 275 g/mol. The summed E-state index contributed by atoms with van der Waals surface area (Å²) >= 11 is 4.18. The number of hydrogen-bond acceptors (Lipinski definition) is 3. The first kappa shape index (κ1) is 13.9. The summed E-state index contributed by atoms with van der Waals surface area (Å²) in [5.74, 6) is -0.669. The number of amides is 1. The Balaban J connectivity index is 1.70. The Bertz CT molecular complexity index is 517. The summed E-state index contributed by atoms with van der Waals surface area (Å²) in [6.45, 7) is 3.70. The second-order valence-corrected chi connectivity index (χ2v) is 6.12. The fourth-order valence-corrected chi connectivity index (χ4v) is 3.38. The standard InChI is InChI=1S/C15H19FN2OS/c16-14-4-3-12(20)9-13(14)15(19)18-8-5-11(10-18)17-6-1-2-7-17/h3-4,9,11,20H,1-2,5-8,10H2. The summed E-state index contributed by atoms with van der Waals surface area (Å²) in [6.07, 6.45) is 3.50. The van der Waals surface area contributed by atoms with Gasteiger partial charge in [-0.05, 0) is 50.6 Å². The topological polar surface area (TPSA) is 23.6 Å². The molecule has 2 heterocycles. The van der Waals surface area contributed by atoms with E-state index in [1.54, 1.807) is 11.0 Å². The number of thiol groups is 1. The number of nitrogens with zero attached hydrogens (tertiary/aromatic N) is 2. The van der Waals surface area contributed by atoms with Crippen LogP contribution in [0.3, 0.4) is 0 Å². The maximum Gasteiger partial charge on any atom is 0.256 e. The number of carbonyl (C=O) groups is 1. The van der Waals surface area contributed by atoms with E-state index < -0.39 is 5.82 Å². The summed E-state index contributed by atoms with van der Waals surface area (Å²) in [7, 11) is 0. The Morgan fingerprint density at radius 3 is 2.75 bits per heavy atom. The van der Waals surface area contributed by atoms with Crippen LogP contribution < -0.4 is 0 Å². The number of halogens is 1. The second-order valence-electron chi connectivity index (χ2n) is 5.60. The number of likely N-dealkylation sites (tertiary alicyclic amines) is 2. The molecule has 1 atom stereocenters. The van der Waals surface area contributed by atoms with E-state index in [4.69, 9.17) is 0 Å². The monoisotopic (exact) mass is 294 g/mol. The molecular formula is C15H19FN2OS. The van der Waals surface area contributed by atoms with E-state index in [0.717, 1.165) is 32.6 Å². The Morgan fingerprint density at radius 2 is 2.00 bits per heavy atom. The first-order chi connectivity index (χ1) is 9.65. The molecule has 0 spiro atoms. The van der Waals surface area contributed by atoms with Gasteiger partial charge in [0, 0.05) is 24.0 Å². The van der Waals surface area contributed by atoms with Gasteiger partial charge in [-0.1, -0.05) is 0 Å². The summed E-state index contributed by atoms with van der Waals surface area (Å²) < 4.78 is 13.8. The van der Waals surface area contributed by atoms with Gasteiger partial charge in [-0.25, -0.2) is 4.39 Å². The molecule has 0 bridgehead atoms. The molecule has 2 saturated heterocycles. The van der Waals surface area contributed by atoms with Crippen LogP contribution >= 0.6 is 12.6 Å². The molecule has 3 nitrogen and oxygen atoms in total. The zero-order chi connectivity index (χ0) is 14.1. The Kier molecular flexibility index (Phi) is 3.98. The van der Waals surface area contributed by atoms with Crippen molar-refractivity contribution in [2.24, 2.45) is 0 Å². The summed E-state index contributed by atoms with van der Waals surface area (Å²) in [5.41, 5.74) is 0.138. The molecule has 0 saturated carbocycles. The number of rotatable bonds is 2. The third-order valence-electron chi connectivity index (χ3n) is 4.29. The number of hydrogen-bond donors (Lipinski definition) is 1. The van der Waals surface area contributed by atoms with Gasteiger partial charge in [0.05, 0.1) is 5.56 Å². The lowest BCUT2D eigenvalue weighted by molar-refractivity contribution is 0.0775. The molecule has 2 aliphatic rings. The molecule has 108 valence electrons. The molecule has 1 amide bonds. The van der Waals surface area contributed by atoms with Gasteiger partial charge in [-0.3, -0.25) is 9.69 Å². The minimum atomic E-state index is -0.461. The van der Waals surface area contributed by atoms with Crippen molar-refractivity contribution in [1.29, 1.82) is 0 Å². The van der Waals surface area contributed by atoms with Gasteiger partial charge in [0.15, 0.2) is 0 Å². The molecule has 0 N–H and O–H groups in total. The maximum atomic E-state index is 13.8. The number of benzene rings is 1. The van der Waals surface area contributed by atoms with Gasteiger partial charge in [0.2, 0.25) is 0 Å². The van der Waals surface area contributed by atoms with Crippen LogP contribution in [-0.4, -0.2) is 47.9 Å². The maximum absolute atomic E-state index is 13.8. The highest BCUT2D eigenvalue weighted by atomic mass is 32.1. The summed E-state index contributed by atoms with van der Waals surface area (Å²) in [4.78, 5) is 17.3. The quantitative estimate of drug-likeness (QED) is 0.847. The zero-order valence-corrected chi connectivity index (χ0v) is 12.3. The second kappa shape index (κ2) is 5.74. The van der Waals surface area contributed by atoms with Crippen LogP contribution in [0.5, 0.6) is 0 Å². The largest absolute Gasteiger partial charge is 0.337 e. The lowest BCUT2D eigenvalue weighted by Gasteiger charge is -2.23. The lowest BCUT2D eigenvalue weighted by Crippen LogP contribution is -2.37. The van der Waals surface area contributed by atoms with Crippen molar-refractivity contribution in [3.63, 3.8) is 0 Å². The van der Waals surface area contributed by atoms with E-state index >= 15 is 0 Å². The van der Waals surface area contributed by atoms with Crippen molar-refractivity contribution < 1.29 is 9.18 Å². The van der Waals surface area contributed by atoms with Gasteiger partial charge in [-0.2, -0.15) is 0 Å². The molecule has 0 aliphatic carbocycles. The lowest BCUT2D eigenvalue weighted by atomic mass is 10.2. The first-order valence-corrected chi connectivity index (χ1v) is 7.62. The average molecular weight is 294 g/mol. The van der Waals surface area contributed by atoms with Crippen molar-refractivity contribution in [3.05, 3.63) is 29.6 Å². The van der Waals surface area contributed by atoms with Crippen molar-refractivity contribution in [1.82, 2.24) is 9.80 Å². The van der Waals surface area contributed by atoms with Crippen molar-refractivity contribution in [2.45, 2.75) is 30.2 Å². The van der Waals surface area contributed by atoms with E-state index in [2.05, 4.69) is 17.5 Å². The van der Waals surface area contributed by atoms with Gasteiger partial charge in [0.25, 0.3) is 5.91 Å². The van der Waals surface area contributed by atoms with Crippen LogP contribution in [0.15, 0.2) is 23.1 Å². The highest BCUT2D eigenvalue weighted by molar-refractivity contribution is 7.80. The molecule has 1 aromatic carbocycles. The van der Waals surface area contributed by atoms with Gasteiger partial charge in [-0.15, -0.1) is 12.6 Å². The fraction of sp³-hybridized carbons (Fsp3) is 0.533. The average Bonchev–Trinajstić information content (AvgIpc) is 3.10. The van der Waals surface area contributed by atoms with Crippen LogP contribution in [0, 0.1) is 5.82 Å². The molecule has 20 heavy (non-hydrogen) atoms. The predicted molar refractivity (Wildman–Crippen MR) is 78.8 cm³/mol. The fourth-order valence-electron chi connectivity index (χ4n) is 3.18. The van der Waals surface area contributed by atoms with E-state index in [0.29, 0.717) is 10.9 Å². The van der Waals surface area contributed by atoms with E-state index in [9.17, 15) is 9.18 Å². The van der Waals surface area contributed by atoms with Crippen LogP contribution in [0.1, 0.15) is 29.6 Å². The Hall–Kier alpha value is -1.07. The zero-order valence-electron chi connectivity index (χ0n) is 11.4. The van der Waals surface area contributed by atoms with Gasteiger partial charge < -0.3 is 4.90 Å². The minimum Gasteiger partial charge on any atom is -0.337 e. The van der Waals surface area contributed by atoms with Crippen LogP contribution in [0.25, 0.3) is 0 Å². The van der Waals surface area contributed by atoms with Crippen LogP contribution in [0.2, 0.25) is 0 Å². The molecule has 0 radical (unpaired) electrons. The predicted octanol–water partition coefficient (Wildman–Crippen LogP) is 2.42. The van der Waals surface area contributed by atoms with E-state index in [1.165, 1.54) is 25.0 Å². The normalized spacial score (nSPS) is 23.5. The SMILES string of the molecule is O=C(c1cc(S)ccc1F)N1CCC(N2CCCC2)C1. The summed E-state index contributed by atoms with van der Waals surface area (Å²) in [6, 6.07) is 4.84. The van der Waals surface area contributed by atoms with Gasteiger partial charge in [0.1, 0.15) is 5.82 Å². The molecule has 2 aliphatic heterocycles. The molecule has 3 rings (SSSR count). The molecule has 1 unspecified atom stereocenters.